The van der Waals surface area contributed by atoms with Crippen molar-refractivity contribution in [3.8, 4) is 0 Å². The molecule has 25 heavy (non-hydrogen) atoms. The summed E-state index contributed by atoms with van der Waals surface area (Å²) in [5, 5.41) is 17.5. The highest BCUT2D eigenvalue weighted by atomic mass is 35.5. The van der Waals surface area contributed by atoms with Crippen molar-refractivity contribution >= 4 is 28.9 Å². The molecule has 0 heterocycles. The standard InChI is InChI=1S/C18H20ClN3O3/c1-12-7-8-14(22(24)25)11-17(12)21-18(23)9-10-20-13(2)15-5-3-4-6-16(15)19/h3-8,11,13,20H,9-10H2,1-2H3,(H,21,23). The number of carbonyl (C=O) groups is 1. The number of nitro benzene ring substituents is 1. The molecule has 1 atom stereocenters. The van der Waals surface area contributed by atoms with E-state index in [0.717, 1.165) is 11.1 Å². The number of nitrogens with one attached hydrogen (secondary N) is 2. The first kappa shape index (κ1) is 18.9. The van der Waals surface area contributed by atoms with Crippen molar-refractivity contribution in [3.05, 3.63) is 68.7 Å². The summed E-state index contributed by atoms with van der Waals surface area (Å²) in [6, 6.07) is 12.0. The van der Waals surface area contributed by atoms with Crippen LogP contribution in [0.1, 0.15) is 30.5 Å². The Labute approximate surface area is 151 Å². The number of rotatable bonds is 7. The highest BCUT2D eigenvalue weighted by Crippen LogP contribution is 2.23. The molecular formula is C18H20ClN3O3. The zero-order chi connectivity index (χ0) is 18.4. The van der Waals surface area contributed by atoms with Crippen LogP contribution in [-0.4, -0.2) is 17.4 Å². The number of benzene rings is 2. The topological polar surface area (TPSA) is 84.3 Å². The Balaban J connectivity index is 1.88. The summed E-state index contributed by atoms with van der Waals surface area (Å²) in [7, 11) is 0. The summed E-state index contributed by atoms with van der Waals surface area (Å²) < 4.78 is 0. The van der Waals surface area contributed by atoms with Gasteiger partial charge >= 0.3 is 0 Å². The number of halogens is 1. The summed E-state index contributed by atoms with van der Waals surface area (Å²) in [6.45, 7) is 4.23. The Hall–Kier alpha value is -2.44. The average molecular weight is 362 g/mol. The van der Waals surface area contributed by atoms with E-state index in [9.17, 15) is 14.9 Å². The predicted octanol–water partition coefficient (Wildman–Crippen LogP) is 4.24. The van der Waals surface area contributed by atoms with E-state index in [4.69, 9.17) is 11.6 Å². The van der Waals surface area contributed by atoms with Crippen LogP contribution in [0.25, 0.3) is 0 Å². The number of anilines is 1. The van der Waals surface area contributed by atoms with Gasteiger partial charge in [-0.3, -0.25) is 14.9 Å². The summed E-state index contributed by atoms with van der Waals surface area (Å²) in [4.78, 5) is 22.4. The molecule has 0 fully saturated rings. The Kier molecular flexibility index (Phi) is 6.50. The SMILES string of the molecule is Cc1ccc([N+](=O)[O-])cc1NC(=O)CCNC(C)c1ccccc1Cl. The quantitative estimate of drug-likeness (QED) is 0.570. The maximum Gasteiger partial charge on any atom is 0.271 e. The number of amides is 1. The normalized spacial score (nSPS) is 11.8. The molecule has 2 aromatic rings. The van der Waals surface area contributed by atoms with Gasteiger partial charge in [0.2, 0.25) is 5.91 Å². The van der Waals surface area contributed by atoms with E-state index >= 15 is 0 Å². The average Bonchev–Trinajstić information content (AvgIpc) is 2.57. The molecule has 0 aliphatic rings. The van der Waals surface area contributed by atoms with Gasteiger partial charge < -0.3 is 10.6 Å². The lowest BCUT2D eigenvalue weighted by molar-refractivity contribution is -0.384. The lowest BCUT2D eigenvalue weighted by Crippen LogP contribution is -2.24. The lowest BCUT2D eigenvalue weighted by Gasteiger charge is -2.15. The van der Waals surface area contributed by atoms with Crippen LogP contribution >= 0.6 is 11.6 Å². The van der Waals surface area contributed by atoms with Crippen LogP contribution in [0.2, 0.25) is 5.02 Å². The fourth-order valence-electron chi connectivity index (χ4n) is 2.41. The molecule has 132 valence electrons. The van der Waals surface area contributed by atoms with Crippen LogP contribution in [0.3, 0.4) is 0 Å². The Bertz CT molecular complexity index is 780. The molecule has 0 aliphatic heterocycles. The third-order valence-corrected chi connectivity index (χ3v) is 4.22. The minimum absolute atomic E-state index is 0.0149. The van der Waals surface area contributed by atoms with E-state index in [1.165, 1.54) is 12.1 Å². The van der Waals surface area contributed by atoms with Gasteiger partial charge in [0.1, 0.15) is 0 Å². The maximum atomic E-state index is 12.1. The van der Waals surface area contributed by atoms with Crippen molar-refractivity contribution in [1.82, 2.24) is 5.32 Å². The highest BCUT2D eigenvalue weighted by Gasteiger charge is 2.12. The van der Waals surface area contributed by atoms with Crippen LogP contribution in [0.5, 0.6) is 0 Å². The molecule has 2 rings (SSSR count). The van der Waals surface area contributed by atoms with E-state index in [0.29, 0.717) is 17.3 Å². The molecule has 0 spiro atoms. The van der Waals surface area contributed by atoms with E-state index in [-0.39, 0.29) is 24.1 Å². The third-order valence-electron chi connectivity index (χ3n) is 3.88. The Morgan fingerprint density at radius 1 is 1.28 bits per heavy atom. The monoisotopic (exact) mass is 361 g/mol. The molecule has 0 saturated carbocycles. The minimum Gasteiger partial charge on any atom is -0.326 e. The minimum atomic E-state index is -0.484. The molecule has 0 saturated heterocycles. The van der Waals surface area contributed by atoms with Gasteiger partial charge in [-0.2, -0.15) is 0 Å². The molecule has 0 aliphatic carbocycles. The van der Waals surface area contributed by atoms with Crippen molar-refractivity contribution in [2.45, 2.75) is 26.3 Å². The van der Waals surface area contributed by atoms with Gasteiger partial charge in [0.15, 0.2) is 0 Å². The largest absolute Gasteiger partial charge is 0.326 e. The molecule has 2 N–H and O–H groups in total. The van der Waals surface area contributed by atoms with E-state index in [2.05, 4.69) is 10.6 Å². The summed E-state index contributed by atoms with van der Waals surface area (Å²) >= 11 is 6.15. The van der Waals surface area contributed by atoms with Gasteiger partial charge in [0, 0.05) is 36.2 Å². The first-order valence-corrected chi connectivity index (χ1v) is 8.29. The summed E-state index contributed by atoms with van der Waals surface area (Å²) in [6.07, 6.45) is 0.247. The molecule has 2 aromatic carbocycles. The van der Waals surface area contributed by atoms with Gasteiger partial charge in [-0.1, -0.05) is 35.9 Å². The molecule has 7 heteroatoms. The second kappa shape index (κ2) is 8.60. The van der Waals surface area contributed by atoms with Crippen molar-refractivity contribution in [2.75, 3.05) is 11.9 Å². The fraction of sp³-hybridized carbons (Fsp3) is 0.278. The number of aryl methyl sites for hydroxylation is 1. The van der Waals surface area contributed by atoms with Crippen molar-refractivity contribution < 1.29 is 9.72 Å². The fourth-order valence-corrected chi connectivity index (χ4v) is 2.71. The van der Waals surface area contributed by atoms with Gasteiger partial charge in [-0.15, -0.1) is 0 Å². The number of hydrogen-bond acceptors (Lipinski definition) is 4. The first-order valence-electron chi connectivity index (χ1n) is 7.91. The second-order valence-corrected chi connectivity index (χ2v) is 6.16. The van der Waals surface area contributed by atoms with Crippen molar-refractivity contribution in [2.24, 2.45) is 0 Å². The number of non-ortho nitro benzene ring substituents is 1. The van der Waals surface area contributed by atoms with E-state index < -0.39 is 4.92 Å². The van der Waals surface area contributed by atoms with Gasteiger partial charge in [-0.05, 0) is 31.0 Å². The summed E-state index contributed by atoms with van der Waals surface area (Å²) in [5.74, 6) is -0.206. The smallest absolute Gasteiger partial charge is 0.271 e. The van der Waals surface area contributed by atoms with Crippen LogP contribution < -0.4 is 10.6 Å². The molecular weight excluding hydrogens is 342 g/mol. The Morgan fingerprint density at radius 3 is 2.68 bits per heavy atom. The van der Waals surface area contributed by atoms with Crippen molar-refractivity contribution in [1.29, 1.82) is 0 Å². The van der Waals surface area contributed by atoms with Crippen LogP contribution in [0.15, 0.2) is 42.5 Å². The number of hydrogen-bond donors (Lipinski definition) is 2. The summed E-state index contributed by atoms with van der Waals surface area (Å²) in [5.41, 5.74) is 2.15. The number of nitrogens with zero attached hydrogens (tertiary/aromatic N) is 1. The number of carbonyl (C=O) groups excluding carboxylic acids is 1. The highest BCUT2D eigenvalue weighted by molar-refractivity contribution is 6.31. The Morgan fingerprint density at radius 2 is 2.00 bits per heavy atom. The van der Waals surface area contributed by atoms with Crippen LogP contribution in [-0.2, 0) is 4.79 Å². The molecule has 0 bridgehead atoms. The molecule has 0 aromatic heterocycles. The third kappa shape index (κ3) is 5.27. The van der Waals surface area contributed by atoms with Gasteiger partial charge in [-0.25, -0.2) is 0 Å². The second-order valence-electron chi connectivity index (χ2n) is 5.75. The maximum absolute atomic E-state index is 12.1. The molecule has 1 amide bonds. The molecule has 1 unspecified atom stereocenters. The zero-order valence-corrected chi connectivity index (χ0v) is 14.8. The predicted molar refractivity (Wildman–Crippen MR) is 98.9 cm³/mol. The van der Waals surface area contributed by atoms with E-state index in [1.54, 1.807) is 13.0 Å². The van der Waals surface area contributed by atoms with Crippen LogP contribution in [0.4, 0.5) is 11.4 Å². The zero-order valence-electron chi connectivity index (χ0n) is 14.1. The molecule has 0 radical (unpaired) electrons. The van der Waals surface area contributed by atoms with Gasteiger partial charge in [0.25, 0.3) is 5.69 Å². The molecule has 6 nitrogen and oxygen atoms in total. The van der Waals surface area contributed by atoms with Crippen molar-refractivity contribution in [3.63, 3.8) is 0 Å². The first-order chi connectivity index (χ1) is 11.9. The lowest BCUT2D eigenvalue weighted by atomic mass is 10.1. The van der Waals surface area contributed by atoms with Gasteiger partial charge in [0.05, 0.1) is 10.6 Å². The van der Waals surface area contributed by atoms with Crippen LogP contribution in [0, 0.1) is 17.0 Å². The van der Waals surface area contributed by atoms with E-state index in [1.807, 2.05) is 31.2 Å². The number of nitro groups is 1.